The molecule has 0 aromatic carbocycles. The van der Waals surface area contributed by atoms with Gasteiger partial charge in [0.15, 0.2) is 0 Å². The fourth-order valence-corrected chi connectivity index (χ4v) is 3.50. The van der Waals surface area contributed by atoms with Crippen LogP contribution in [0.25, 0.3) is 0 Å². The van der Waals surface area contributed by atoms with Crippen LogP contribution >= 0.6 is 69.6 Å². The van der Waals surface area contributed by atoms with Gasteiger partial charge in [-0.25, -0.2) is 0 Å². The highest BCUT2D eigenvalue weighted by Gasteiger charge is 2.18. The Kier molecular flexibility index (Phi) is 11.8. The molecule has 0 aromatic rings. The van der Waals surface area contributed by atoms with Crippen LogP contribution in [-0.2, 0) is 0 Å². The molecule has 0 amide bonds. The fraction of sp³-hybridized carbons (Fsp3) is 1.00. The molecular formula is C10H16Cl6. The van der Waals surface area contributed by atoms with Crippen molar-refractivity contribution < 1.29 is 0 Å². The van der Waals surface area contributed by atoms with E-state index in [0.29, 0.717) is 31.0 Å². The smallest absolute Gasteiger partial charge is 0.0485 e. The number of alkyl halides is 6. The van der Waals surface area contributed by atoms with Gasteiger partial charge in [0.1, 0.15) is 0 Å². The van der Waals surface area contributed by atoms with Crippen LogP contribution in [0.2, 0.25) is 0 Å². The molecule has 0 aliphatic heterocycles. The van der Waals surface area contributed by atoms with Gasteiger partial charge in [-0.05, 0) is 25.7 Å². The molecule has 0 aromatic heterocycles. The van der Waals surface area contributed by atoms with Gasteiger partial charge in [-0.15, -0.1) is 69.6 Å². The summed E-state index contributed by atoms with van der Waals surface area (Å²) in [5.74, 6) is 0.959. The van der Waals surface area contributed by atoms with Gasteiger partial charge in [0.25, 0.3) is 0 Å². The van der Waals surface area contributed by atoms with Crippen LogP contribution in [0, 0.1) is 0 Å². The lowest BCUT2D eigenvalue weighted by atomic mass is 10.1. The Bertz CT molecular complexity index is 165. The number of hydrogen-bond donors (Lipinski definition) is 0. The molecule has 0 bridgehead atoms. The van der Waals surface area contributed by atoms with E-state index < -0.39 is 0 Å². The van der Waals surface area contributed by atoms with Crippen molar-refractivity contribution in [2.45, 2.75) is 47.2 Å². The maximum atomic E-state index is 6.14. The van der Waals surface area contributed by atoms with E-state index in [-0.39, 0.29) is 21.5 Å². The molecule has 0 spiro atoms. The maximum absolute atomic E-state index is 6.14. The minimum Gasteiger partial charge on any atom is -0.127 e. The first-order valence-electron chi connectivity index (χ1n) is 5.17. The minimum absolute atomic E-state index is 0.0173. The quantitative estimate of drug-likeness (QED) is 0.486. The normalized spacial score (nSPS) is 19.1. The average molecular weight is 349 g/mol. The summed E-state index contributed by atoms with van der Waals surface area (Å²) in [7, 11) is 0. The highest BCUT2D eigenvalue weighted by molar-refractivity contribution is 6.29. The van der Waals surface area contributed by atoms with Crippen LogP contribution in [-0.4, -0.2) is 33.3 Å². The summed E-state index contributed by atoms with van der Waals surface area (Å²) in [6.07, 6.45) is 2.83. The average Bonchev–Trinajstić information content (AvgIpc) is 2.16. The van der Waals surface area contributed by atoms with Crippen molar-refractivity contribution in [3.63, 3.8) is 0 Å². The topological polar surface area (TPSA) is 0 Å². The number of rotatable bonds is 9. The van der Waals surface area contributed by atoms with Crippen molar-refractivity contribution in [2.24, 2.45) is 0 Å². The van der Waals surface area contributed by atoms with Crippen LogP contribution < -0.4 is 0 Å². The molecule has 16 heavy (non-hydrogen) atoms. The van der Waals surface area contributed by atoms with Gasteiger partial charge in [0.05, 0.1) is 0 Å². The molecule has 0 saturated carbocycles. The fourth-order valence-electron chi connectivity index (χ4n) is 1.32. The van der Waals surface area contributed by atoms with Gasteiger partial charge in [-0.2, -0.15) is 0 Å². The third kappa shape index (κ3) is 9.74. The van der Waals surface area contributed by atoms with Crippen molar-refractivity contribution in [1.29, 1.82) is 0 Å². The summed E-state index contributed by atoms with van der Waals surface area (Å²) in [6.45, 7) is 0. The van der Waals surface area contributed by atoms with Crippen LogP contribution in [0.4, 0.5) is 0 Å². The second-order valence-electron chi connectivity index (χ2n) is 3.73. The van der Waals surface area contributed by atoms with Gasteiger partial charge in [0.2, 0.25) is 0 Å². The number of hydrogen-bond acceptors (Lipinski definition) is 0. The van der Waals surface area contributed by atoms with Crippen molar-refractivity contribution in [1.82, 2.24) is 0 Å². The van der Waals surface area contributed by atoms with Gasteiger partial charge >= 0.3 is 0 Å². The zero-order valence-corrected chi connectivity index (χ0v) is 13.4. The van der Waals surface area contributed by atoms with E-state index in [1.807, 2.05) is 0 Å². The van der Waals surface area contributed by atoms with Crippen LogP contribution in [0.5, 0.6) is 0 Å². The zero-order valence-electron chi connectivity index (χ0n) is 8.82. The molecule has 0 aliphatic carbocycles. The molecule has 4 unspecified atom stereocenters. The highest BCUT2D eigenvalue weighted by atomic mass is 35.5. The first kappa shape index (κ1) is 17.7. The SMILES string of the molecule is ClCCC(Cl)CC(Cl)CC(Cl)CC(Cl)CCl. The molecular weight excluding hydrogens is 333 g/mol. The third-order valence-corrected chi connectivity index (χ3v) is 4.31. The summed E-state index contributed by atoms with van der Waals surface area (Å²) in [5.41, 5.74) is 0. The molecule has 0 fully saturated rings. The molecule has 0 nitrogen and oxygen atoms in total. The van der Waals surface area contributed by atoms with Gasteiger partial charge in [-0.1, -0.05) is 0 Å². The van der Waals surface area contributed by atoms with Crippen molar-refractivity contribution in [3.05, 3.63) is 0 Å². The predicted octanol–water partition coefficient (Wildman–Crippen LogP) is 5.45. The minimum atomic E-state index is -0.0947. The van der Waals surface area contributed by atoms with E-state index in [1.54, 1.807) is 0 Å². The summed E-state index contributed by atoms with van der Waals surface area (Å²) in [4.78, 5) is 0. The molecule has 6 heteroatoms. The predicted molar refractivity (Wildman–Crippen MR) is 78.5 cm³/mol. The Hall–Kier alpha value is 1.74. The lowest BCUT2D eigenvalue weighted by molar-refractivity contribution is 0.605. The van der Waals surface area contributed by atoms with E-state index in [2.05, 4.69) is 0 Å². The molecule has 0 N–H and O–H groups in total. The molecule has 4 atom stereocenters. The van der Waals surface area contributed by atoms with Crippen molar-refractivity contribution >= 4 is 69.6 Å². The van der Waals surface area contributed by atoms with E-state index >= 15 is 0 Å². The Morgan fingerprint density at radius 2 is 1.06 bits per heavy atom. The van der Waals surface area contributed by atoms with Gasteiger partial charge in [-0.3, -0.25) is 0 Å². The van der Waals surface area contributed by atoms with Gasteiger partial charge in [0, 0.05) is 33.3 Å². The van der Waals surface area contributed by atoms with Gasteiger partial charge < -0.3 is 0 Å². The van der Waals surface area contributed by atoms with Crippen molar-refractivity contribution in [2.75, 3.05) is 11.8 Å². The first-order valence-corrected chi connectivity index (χ1v) is 7.99. The summed E-state index contributed by atoms with van der Waals surface area (Å²) >= 11 is 35.4. The number of halogens is 6. The van der Waals surface area contributed by atoms with E-state index in [1.165, 1.54) is 0 Å². The Labute approximate surface area is 128 Å². The Balaban J connectivity index is 3.72. The lowest BCUT2D eigenvalue weighted by Gasteiger charge is -2.17. The molecule has 0 radical (unpaired) electrons. The lowest BCUT2D eigenvalue weighted by Crippen LogP contribution is -2.17. The van der Waals surface area contributed by atoms with E-state index in [4.69, 9.17) is 69.6 Å². The van der Waals surface area contributed by atoms with Crippen molar-refractivity contribution in [3.8, 4) is 0 Å². The summed E-state index contributed by atoms with van der Waals surface area (Å²) in [6, 6.07) is 0. The Morgan fingerprint density at radius 1 is 0.625 bits per heavy atom. The molecule has 0 aliphatic rings. The van der Waals surface area contributed by atoms with Crippen LogP contribution in [0.15, 0.2) is 0 Å². The molecule has 0 saturated heterocycles. The third-order valence-electron chi connectivity index (χ3n) is 2.12. The molecule has 0 heterocycles. The van der Waals surface area contributed by atoms with E-state index in [0.717, 1.165) is 6.42 Å². The van der Waals surface area contributed by atoms with Crippen LogP contribution in [0.1, 0.15) is 25.7 Å². The van der Waals surface area contributed by atoms with E-state index in [9.17, 15) is 0 Å². The monoisotopic (exact) mass is 346 g/mol. The molecule has 98 valence electrons. The maximum Gasteiger partial charge on any atom is 0.0485 e. The first-order chi connectivity index (χ1) is 7.49. The second kappa shape index (κ2) is 10.6. The largest absolute Gasteiger partial charge is 0.127 e. The zero-order chi connectivity index (χ0) is 12.6. The summed E-state index contributed by atoms with van der Waals surface area (Å²) < 4.78 is 0. The standard InChI is InChI=1S/C10H16Cl6/c11-2-1-7(13)3-8(14)4-9(15)5-10(16)6-12/h7-10H,1-6H2. The van der Waals surface area contributed by atoms with Crippen LogP contribution in [0.3, 0.4) is 0 Å². The second-order valence-corrected chi connectivity index (χ2v) is 6.88. The Morgan fingerprint density at radius 3 is 1.50 bits per heavy atom. The summed E-state index contributed by atoms with van der Waals surface area (Å²) in [5, 5.41) is -0.164. The highest BCUT2D eigenvalue weighted by Crippen LogP contribution is 2.24. The molecule has 0 rings (SSSR count).